The third-order valence-electron chi connectivity index (χ3n) is 3.11. The fraction of sp³-hybridized carbons (Fsp3) is 0. The molecule has 0 radical (unpaired) electrons. The zero-order valence-corrected chi connectivity index (χ0v) is 12.0. The number of rotatable bonds is 5. The van der Waals surface area contributed by atoms with Crippen LogP contribution in [0.5, 0.6) is 0 Å². The summed E-state index contributed by atoms with van der Waals surface area (Å²) in [5.41, 5.74) is 1.88. The fourth-order valence-corrected chi connectivity index (χ4v) is 1.97. The van der Waals surface area contributed by atoms with Crippen LogP contribution in [0, 0.1) is 0 Å². The molecule has 0 unspecified atom stereocenters. The van der Waals surface area contributed by atoms with E-state index in [0.29, 0.717) is 5.82 Å². The van der Waals surface area contributed by atoms with Crippen LogP contribution in [0.3, 0.4) is 0 Å². The van der Waals surface area contributed by atoms with Crippen molar-refractivity contribution in [1.82, 2.24) is 20.2 Å². The Morgan fingerprint density at radius 1 is 1.09 bits per heavy atom. The number of aromatic nitrogens is 4. The molecular weight excluding hydrogens is 294 g/mol. The molecule has 1 aromatic heterocycles. The zero-order valence-electron chi connectivity index (χ0n) is 12.0. The molecule has 0 aliphatic carbocycles. The number of hydrogen-bond donors (Lipinski definition) is 2. The molecule has 3 aromatic rings. The molecule has 0 aliphatic heterocycles. The van der Waals surface area contributed by atoms with Crippen LogP contribution in [0.25, 0.3) is 11.8 Å². The van der Waals surface area contributed by atoms with E-state index >= 15 is 0 Å². The van der Waals surface area contributed by atoms with Gasteiger partial charge in [0.1, 0.15) is 0 Å². The van der Waals surface area contributed by atoms with Gasteiger partial charge in [0.2, 0.25) is 0 Å². The van der Waals surface area contributed by atoms with E-state index in [4.69, 9.17) is 5.11 Å². The predicted octanol–water partition coefficient (Wildman–Crippen LogP) is 2.44. The highest BCUT2D eigenvalue weighted by atomic mass is 16.4. The van der Waals surface area contributed by atoms with Gasteiger partial charge >= 0.3 is 5.97 Å². The zero-order chi connectivity index (χ0) is 16.1. The number of anilines is 1. The molecule has 7 heteroatoms. The average Bonchev–Trinajstić information content (AvgIpc) is 3.05. The van der Waals surface area contributed by atoms with Gasteiger partial charge in [0.05, 0.1) is 11.3 Å². The molecule has 2 aromatic carbocycles. The summed E-state index contributed by atoms with van der Waals surface area (Å²) in [6, 6.07) is 16.0. The van der Waals surface area contributed by atoms with Crippen molar-refractivity contribution in [3.63, 3.8) is 0 Å². The maximum Gasteiger partial charge on any atom is 0.335 e. The van der Waals surface area contributed by atoms with E-state index in [9.17, 15) is 4.79 Å². The van der Waals surface area contributed by atoms with Crippen molar-refractivity contribution in [2.24, 2.45) is 0 Å². The number of nitrogens with one attached hydrogen (secondary N) is 1. The van der Waals surface area contributed by atoms with E-state index < -0.39 is 5.97 Å². The number of para-hydroxylation sites is 1. The summed E-state index contributed by atoms with van der Waals surface area (Å²) in [5, 5.41) is 23.5. The largest absolute Gasteiger partial charge is 0.478 e. The van der Waals surface area contributed by atoms with Crippen LogP contribution in [0.4, 0.5) is 5.69 Å². The number of carboxylic acids is 1. The van der Waals surface area contributed by atoms with Crippen molar-refractivity contribution >= 4 is 17.7 Å². The number of nitrogens with zero attached hydrogens (tertiary/aromatic N) is 4. The van der Waals surface area contributed by atoms with Crippen LogP contribution in [0.2, 0.25) is 0 Å². The number of aromatic carboxylic acids is 1. The Kier molecular flexibility index (Phi) is 4.10. The van der Waals surface area contributed by atoms with E-state index in [-0.39, 0.29) is 5.56 Å². The standard InChI is InChI=1S/C16H13N5O2/c22-16(23)12-6-8-13(9-7-12)17-11-10-15-18-19-20-21(15)14-4-2-1-3-5-14/h1-11,17H,(H,22,23). The molecule has 0 amide bonds. The van der Waals surface area contributed by atoms with Gasteiger partial charge in [0.15, 0.2) is 5.82 Å². The lowest BCUT2D eigenvalue weighted by molar-refractivity contribution is 0.0697. The first kappa shape index (κ1) is 14.5. The molecule has 7 nitrogen and oxygen atoms in total. The summed E-state index contributed by atoms with van der Waals surface area (Å²) in [6.07, 6.45) is 3.43. The Labute approximate surface area is 131 Å². The van der Waals surface area contributed by atoms with E-state index in [1.54, 1.807) is 29.1 Å². The third kappa shape index (κ3) is 3.41. The average molecular weight is 307 g/mol. The normalized spacial score (nSPS) is 10.8. The summed E-state index contributed by atoms with van der Waals surface area (Å²) in [4.78, 5) is 10.8. The molecule has 0 spiro atoms. The number of tetrazole rings is 1. The third-order valence-corrected chi connectivity index (χ3v) is 3.11. The number of hydrogen-bond acceptors (Lipinski definition) is 5. The maximum atomic E-state index is 10.8. The smallest absolute Gasteiger partial charge is 0.335 e. The Morgan fingerprint density at radius 3 is 2.52 bits per heavy atom. The summed E-state index contributed by atoms with van der Waals surface area (Å²) in [7, 11) is 0. The summed E-state index contributed by atoms with van der Waals surface area (Å²) >= 11 is 0. The molecule has 23 heavy (non-hydrogen) atoms. The predicted molar refractivity (Wildman–Crippen MR) is 85.2 cm³/mol. The SMILES string of the molecule is O=C(O)c1ccc(NC=Cc2nnnn2-c2ccccc2)cc1. The lowest BCUT2D eigenvalue weighted by Gasteiger charge is -2.02. The maximum absolute atomic E-state index is 10.8. The van der Waals surface area contributed by atoms with Crippen LogP contribution in [-0.4, -0.2) is 31.3 Å². The van der Waals surface area contributed by atoms with Gasteiger partial charge in [0.25, 0.3) is 0 Å². The molecule has 114 valence electrons. The first-order valence-electron chi connectivity index (χ1n) is 6.84. The number of carbonyl (C=O) groups is 1. The minimum Gasteiger partial charge on any atom is -0.478 e. The molecule has 0 saturated carbocycles. The number of benzene rings is 2. The minimum atomic E-state index is -0.950. The van der Waals surface area contributed by atoms with Crippen LogP contribution < -0.4 is 5.32 Å². The highest BCUT2D eigenvalue weighted by Crippen LogP contribution is 2.11. The summed E-state index contributed by atoms with van der Waals surface area (Å²) < 4.78 is 1.62. The van der Waals surface area contributed by atoms with Crippen molar-refractivity contribution in [1.29, 1.82) is 0 Å². The van der Waals surface area contributed by atoms with Crippen molar-refractivity contribution in [2.45, 2.75) is 0 Å². The van der Waals surface area contributed by atoms with Crippen LogP contribution in [0.1, 0.15) is 16.2 Å². The van der Waals surface area contributed by atoms with Gasteiger partial charge in [-0.15, -0.1) is 5.10 Å². The Morgan fingerprint density at radius 2 is 1.83 bits per heavy atom. The first-order valence-corrected chi connectivity index (χ1v) is 6.84. The first-order chi connectivity index (χ1) is 11.2. The van der Waals surface area contributed by atoms with Crippen LogP contribution >= 0.6 is 0 Å². The molecule has 0 bridgehead atoms. The molecule has 0 saturated heterocycles. The highest BCUT2D eigenvalue weighted by molar-refractivity contribution is 5.88. The van der Waals surface area contributed by atoms with Gasteiger partial charge in [-0.25, -0.2) is 4.79 Å². The van der Waals surface area contributed by atoms with Gasteiger partial charge in [-0.2, -0.15) is 4.68 Å². The molecule has 0 aliphatic rings. The minimum absolute atomic E-state index is 0.243. The quantitative estimate of drug-likeness (QED) is 0.752. The highest BCUT2D eigenvalue weighted by Gasteiger charge is 2.04. The number of carboxylic acid groups (broad SMARTS) is 1. The Balaban J connectivity index is 1.72. The van der Waals surface area contributed by atoms with Gasteiger partial charge in [-0.1, -0.05) is 18.2 Å². The van der Waals surface area contributed by atoms with Gasteiger partial charge < -0.3 is 10.4 Å². The summed E-state index contributed by atoms with van der Waals surface area (Å²) in [5.74, 6) is -0.375. The molecule has 2 N–H and O–H groups in total. The Bertz CT molecular complexity index is 825. The second-order valence-electron chi connectivity index (χ2n) is 4.64. The van der Waals surface area contributed by atoms with Gasteiger partial charge in [-0.05, 0) is 46.8 Å². The molecular formula is C16H13N5O2. The second-order valence-corrected chi connectivity index (χ2v) is 4.64. The monoisotopic (exact) mass is 307 g/mol. The lowest BCUT2D eigenvalue weighted by Crippen LogP contribution is -1.99. The lowest BCUT2D eigenvalue weighted by atomic mass is 10.2. The van der Waals surface area contributed by atoms with Crippen molar-refractivity contribution in [2.75, 3.05) is 5.32 Å². The van der Waals surface area contributed by atoms with Crippen LogP contribution in [0.15, 0.2) is 60.8 Å². The Hall–Kier alpha value is -3.48. The molecule has 1 heterocycles. The van der Waals surface area contributed by atoms with E-state index in [0.717, 1.165) is 11.4 Å². The van der Waals surface area contributed by atoms with E-state index in [2.05, 4.69) is 20.8 Å². The fourth-order valence-electron chi connectivity index (χ4n) is 1.97. The van der Waals surface area contributed by atoms with Crippen molar-refractivity contribution in [3.8, 4) is 5.69 Å². The van der Waals surface area contributed by atoms with Gasteiger partial charge in [0, 0.05) is 18.0 Å². The van der Waals surface area contributed by atoms with Gasteiger partial charge in [-0.3, -0.25) is 0 Å². The summed E-state index contributed by atoms with van der Waals surface area (Å²) in [6.45, 7) is 0. The molecule has 0 fully saturated rings. The topological polar surface area (TPSA) is 92.9 Å². The van der Waals surface area contributed by atoms with Crippen molar-refractivity contribution in [3.05, 3.63) is 72.2 Å². The van der Waals surface area contributed by atoms with Crippen molar-refractivity contribution < 1.29 is 9.90 Å². The van der Waals surface area contributed by atoms with E-state index in [1.807, 2.05) is 30.3 Å². The van der Waals surface area contributed by atoms with E-state index in [1.165, 1.54) is 12.1 Å². The molecule has 0 atom stereocenters. The molecule has 3 rings (SSSR count). The van der Waals surface area contributed by atoms with Crippen LogP contribution in [-0.2, 0) is 0 Å². The second kappa shape index (κ2) is 6.52.